The summed E-state index contributed by atoms with van der Waals surface area (Å²) in [5, 5.41) is 0.623. The monoisotopic (exact) mass is 424 g/mol. The van der Waals surface area contributed by atoms with Crippen molar-refractivity contribution in [3.63, 3.8) is 0 Å². The number of hydrogen-bond acceptors (Lipinski definition) is 3. The van der Waals surface area contributed by atoms with Gasteiger partial charge in [-0.15, -0.1) is 0 Å². The minimum atomic E-state index is -4.05. The van der Waals surface area contributed by atoms with Gasteiger partial charge in [0.05, 0.1) is 18.8 Å². The maximum absolute atomic E-state index is 13.1. The number of fused-ring (bicyclic) bond motifs is 1. The van der Waals surface area contributed by atoms with Crippen molar-refractivity contribution >= 4 is 11.8 Å². The van der Waals surface area contributed by atoms with Gasteiger partial charge in [-0.25, -0.2) is 8.78 Å². The number of thioether (sulfide) groups is 1. The summed E-state index contributed by atoms with van der Waals surface area (Å²) in [6.07, 6.45) is 10.9. The molecular weight excluding hydrogens is 392 g/mol. The normalized spacial score (nSPS) is 37.4. The molecular formula is C21H32F4O2S. The third kappa shape index (κ3) is 6.11. The number of rotatable bonds is 7. The fourth-order valence-corrected chi connectivity index (χ4v) is 5.45. The fraction of sp³-hybridized carbons (Fsp3) is 0.905. The van der Waals surface area contributed by atoms with Crippen LogP contribution >= 0.6 is 11.8 Å². The predicted molar refractivity (Wildman–Crippen MR) is 104 cm³/mol. The minimum absolute atomic E-state index is 0.238. The zero-order valence-electron chi connectivity index (χ0n) is 16.5. The van der Waals surface area contributed by atoms with Crippen molar-refractivity contribution in [2.24, 2.45) is 17.8 Å². The SMILES string of the molecule is CSC1CCC(/C=C/C2CCC3CC(OCC(F)(F)C(F)F)CCC3C2)OC1. The fourth-order valence-electron chi connectivity index (χ4n) is 4.87. The predicted octanol–water partition coefficient (Wildman–Crippen LogP) is 5.96. The molecule has 0 amide bonds. The number of halogens is 4. The van der Waals surface area contributed by atoms with Gasteiger partial charge >= 0.3 is 12.3 Å². The maximum atomic E-state index is 13.1. The summed E-state index contributed by atoms with van der Waals surface area (Å²) < 4.78 is 61.8. The van der Waals surface area contributed by atoms with E-state index < -0.39 is 19.0 Å². The van der Waals surface area contributed by atoms with Crippen LogP contribution in [0.2, 0.25) is 0 Å². The van der Waals surface area contributed by atoms with E-state index in [9.17, 15) is 17.6 Å². The van der Waals surface area contributed by atoms with Gasteiger partial charge in [0.15, 0.2) is 0 Å². The second-order valence-corrected chi connectivity index (χ2v) is 9.73. The van der Waals surface area contributed by atoms with Crippen LogP contribution in [0.1, 0.15) is 51.4 Å². The molecule has 3 fully saturated rings. The van der Waals surface area contributed by atoms with Crippen molar-refractivity contribution < 1.29 is 27.0 Å². The lowest BCUT2D eigenvalue weighted by molar-refractivity contribution is -0.181. The highest BCUT2D eigenvalue weighted by Crippen LogP contribution is 2.44. The highest BCUT2D eigenvalue weighted by atomic mass is 32.2. The first-order chi connectivity index (χ1) is 13.4. The minimum Gasteiger partial charge on any atom is -0.373 e. The molecule has 6 unspecified atom stereocenters. The zero-order chi connectivity index (χ0) is 20.1. The molecule has 2 nitrogen and oxygen atoms in total. The van der Waals surface area contributed by atoms with Crippen molar-refractivity contribution in [3.8, 4) is 0 Å². The Labute approximate surface area is 169 Å². The topological polar surface area (TPSA) is 18.5 Å². The molecule has 0 N–H and O–H groups in total. The molecule has 28 heavy (non-hydrogen) atoms. The smallest absolute Gasteiger partial charge is 0.330 e. The molecule has 2 aliphatic carbocycles. The van der Waals surface area contributed by atoms with Crippen LogP contribution in [0.5, 0.6) is 0 Å². The van der Waals surface area contributed by atoms with Crippen molar-refractivity contribution in [3.05, 3.63) is 12.2 Å². The lowest BCUT2D eigenvalue weighted by Crippen LogP contribution is -2.38. The highest BCUT2D eigenvalue weighted by molar-refractivity contribution is 7.99. The average Bonchev–Trinajstić information content (AvgIpc) is 2.70. The van der Waals surface area contributed by atoms with Crippen LogP contribution in [0.25, 0.3) is 0 Å². The average molecular weight is 425 g/mol. The Balaban J connectivity index is 1.40. The summed E-state index contributed by atoms with van der Waals surface area (Å²) in [5.41, 5.74) is 0. The van der Waals surface area contributed by atoms with E-state index in [1.54, 1.807) is 0 Å². The van der Waals surface area contributed by atoms with E-state index in [2.05, 4.69) is 18.4 Å². The van der Waals surface area contributed by atoms with Crippen molar-refractivity contribution in [1.82, 2.24) is 0 Å². The first-order valence-corrected chi connectivity index (χ1v) is 11.8. The van der Waals surface area contributed by atoms with Gasteiger partial charge in [-0.2, -0.15) is 20.5 Å². The summed E-state index contributed by atoms with van der Waals surface area (Å²) in [5.74, 6) is -2.43. The zero-order valence-corrected chi connectivity index (χ0v) is 17.3. The molecule has 1 aliphatic heterocycles. The summed E-state index contributed by atoms with van der Waals surface area (Å²) >= 11 is 1.87. The number of allylic oxidation sites excluding steroid dienone is 1. The number of alkyl halides is 4. The summed E-state index contributed by atoms with van der Waals surface area (Å²) in [6.45, 7) is -0.339. The molecule has 3 aliphatic rings. The van der Waals surface area contributed by atoms with Crippen LogP contribution in [0, 0.1) is 17.8 Å². The van der Waals surface area contributed by atoms with Crippen molar-refractivity contribution in [1.29, 1.82) is 0 Å². The molecule has 1 heterocycles. The molecule has 0 radical (unpaired) electrons. The molecule has 0 spiro atoms. The van der Waals surface area contributed by atoms with E-state index in [1.165, 1.54) is 6.42 Å². The first kappa shape index (κ1) is 22.4. The van der Waals surface area contributed by atoms with Crippen LogP contribution in [-0.2, 0) is 9.47 Å². The van der Waals surface area contributed by atoms with Crippen LogP contribution in [0.4, 0.5) is 17.6 Å². The van der Waals surface area contributed by atoms with Gasteiger partial charge in [0.1, 0.15) is 6.61 Å². The molecule has 0 aromatic rings. The molecule has 2 saturated carbocycles. The van der Waals surface area contributed by atoms with Gasteiger partial charge in [-0.05, 0) is 75.4 Å². The molecule has 3 rings (SSSR count). The van der Waals surface area contributed by atoms with Crippen molar-refractivity contribution in [2.75, 3.05) is 19.5 Å². The molecule has 6 atom stereocenters. The molecule has 0 bridgehead atoms. The Morgan fingerprint density at radius 1 is 1.04 bits per heavy atom. The quantitative estimate of drug-likeness (QED) is 0.371. The highest BCUT2D eigenvalue weighted by Gasteiger charge is 2.43. The van der Waals surface area contributed by atoms with Gasteiger partial charge in [0, 0.05) is 5.25 Å². The first-order valence-electron chi connectivity index (χ1n) is 10.5. The number of ether oxygens (including phenoxy) is 2. The third-order valence-electron chi connectivity index (χ3n) is 6.64. The van der Waals surface area contributed by atoms with Gasteiger partial charge in [-0.1, -0.05) is 12.2 Å². The van der Waals surface area contributed by atoms with Gasteiger partial charge in [0.2, 0.25) is 0 Å². The lowest BCUT2D eigenvalue weighted by atomic mass is 9.67. The van der Waals surface area contributed by atoms with Gasteiger partial charge in [0.25, 0.3) is 0 Å². The van der Waals surface area contributed by atoms with E-state index >= 15 is 0 Å². The van der Waals surface area contributed by atoms with Crippen LogP contribution in [0.3, 0.4) is 0 Å². The van der Waals surface area contributed by atoms with Crippen molar-refractivity contribution in [2.45, 2.75) is 81.2 Å². The molecule has 0 aromatic heterocycles. The molecule has 0 aromatic carbocycles. The van der Waals surface area contributed by atoms with Gasteiger partial charge in [-0.3, -0.25) is 0 Å². The molecule has 7 heteroatoms. The Hall–Kier alpha value is -0.270. The lowest BCUT2D eigenvalue weighted by Gasteiger charge is -2.41. The second-order valence-electron chi connectivity index (χ2n) is 8.59. The van der Waals surface area contributed by atoms with E-state index in [0.29, 0.717) is 29.4 Å². The van der Waals surface area contributed by atoms with Crippen LogP contribution in [0.15, 0.2) is 12.2 Å². The Bertz CT molecular complexity index is 509. The Morgan fingerprint density at radius 3 is 2.46 bits per heavy atom. The molecule has 1 saturated heterocycles. The maximum Gasteiger partial charge on any atom is 0.330 e. The van der Waals surface area contributed by atoms with E-state index in [1.807, 2.05) is 11.8 Å². The number of hydrogen-bond donors (Lipinski definition) is 0. The second kappa shape index (κ2) is 10.2. The molecule has 162 valence electrons. The van der Waals surface area contributed by atoms with Crippen LogP contribution < -0.4 is 0 Å². The van der Waals surface area contributed by atoms with E-state index in [0.717, 1.165) is 45.1 Å². The standard InChI is InChI=1S/C21H32F4O2S/c1-28-19-9-8-17(26-12-19)6-3-14-2-4-16-11-18(7-5-15(16)10-14)27-13-21(24,25)20(22)23/h3,6,14-20H,2,4-5,7-13H2,1H3/b6-3+. The Kier molecular flexibility index (Phi) is 8.14. The van der Waals surface area contributed by atoms with Crippen LogP contribution in [-0.4, -0.2) is 49.3 Å². The Morgan fingerprint density at radius 2 is 1.79 bits per heavy atom. The summed E-state index contributed by atoms with van der Waals surface area (Å²) in [7, 11) is 0. The third-order valence-corrected chi connectivity index (χ3v) is 7.68. The largest absolute Gasteiger partial charge is 0.373 e. The van der Waals surface area contributed by atoms with E-state index in [-0.39, 0.29) is 12.2 Å². The summed E-state index contributed by atoms with van der Waals surface area (Å²) in [6, 6.07) is 0. The van der Waals surface area contributed by atoms with E-state index in [4.69, 9.17) is 9.47 Å². The summed E-state index contributed by atoms with van der Waals surface area (Å²) in [4.78, 5) is 0. The van der Waals surface area contributed by atoms with Gasteiger partial charge < -0.3 is 9.47 Å².